The maximum atomic E-state index is 9.89. The van der Waals surface area contributed by atoms with E-state index in [0.717, 1.165) is 40.0 Å². The van der Waals surface area contributed by atoms with Crippen LogP contribution in [0.1, 0.15) is 18.4 Å². The highest BCUT2D eigenvalue weighted by Gasteiger charge is 2.41. The summed E-state index contributed by atoms with van der Waals surface area (Å²) < 4.78 is 12.2. The zero-order valence-electron chi connectivity index (χ0n) is 11.1. The van der Waals surface area contributed by atoms with Crippen molar-refractivity contribution in [3.05, 3.63) is 51.4 Å². The van der Waals surface area contributed by atoms with Crippen molar-refractivity contribution in [2.45, 2.75) is 18.4 Å². The third-order valence-electron chi connectivity index (χ3n) is 3.85. The number of benzene rings is 1. The summed E-state index contributed by atoms with van der Waals surface area (Å²) >= 11 is 3.44. The molecule has 0 saturated carbocycles. The topological polar surface area (TPSA) is 64.7 Å². The minimum atomic E-state index is -0.961. The molecule has 3 rings (SSSR count). The van der Waals surface area contributed by atoms with Gasteiger partial charge < -0.3 is 20.3 Å². The van der Waals surface area contributed by atoms with Crippen LogP contribution in [0.5, 0.6) is 5.75 Å². The van der Waals surface area contributed by atoms with Crippen molar-refractivity contribution in [1.29, 1.82) is 0 Å². The van der Waals surface area contributed by atoms with Crippen LogP contribution in [0.4, 0.5) is 0 Å². The molecule has 1 atom stereocenters. The van der Waals surface area contributed by atoms with Gasteiger partial charge in [0.1, 0.15) is 11.5 Å². The molecule has 4 nitrogen and oxygen atoms in total. The van der Waals surface area contributed by atoms with Crippen molar-refractivity contribution >= 4 is 15.9 Å². The number of allylic oxidation sites excluding steroid dienone is 2. The van der Waals surface area contributed by atoms with Gasteiger partial charge in [-0.2, -0.15) is 0 Å². The summed E-state index contributed by atoms with van der Waals surface area (Å²) in [6.45, 7) is -0.188. The Kier molecular flexibility index (Phi) is 3.36. The first-order valence-electron chi connectivity index (χ1n) is 6.44. The molecule has 5 heteroatoms. The van der Waals surface area contributed by atoms with Crippen LogP contribution in [0.3, 0.4) is 0 Å². The van der Waals surface area contributed by atoms with E-state index in [1.165, 1.54) is 0 Å². The lowest BCUT2D eigenvalue weighted by Crippen LogP contribution is -2.46. The highest BCUT2D eigenvalue weighted by atomic mass is 79.9. The number of methoxy groups -OCH3 is 1. The highest BCUT2D eigenvalue weighted by molar-refractivity contribution is 9.10. The summed E-state index contributed by atoms with van der Waals surface area (Å²) in [5.74, 6) is 2.38. The number of nitrogens with two attached hydrogens (primary N) is 1. The molecule has 0 radical (unpaired) electrons. The number of hydrogen-bond acceptors (Lipinski definition) is 4. The summed E-state index contributed by atoms with van der Waals surface area (Å²) in [6.07, 6.45) is 3.39. The van der Waals surface area contributed by atoms with Gasteiger partial charge in [-0.05, 0) is 24.3 Å². The lowest BCUT2D eigenvalue weighted by Gasteiger charge is -2.38. The second kappa shape index (κ2) is 4.91. The first-order valence-corrected chi connectivity index (χ1v) is 7.23. The van der Waals surface area contributed by atoms with Gasteiger partial charge in [-0.15, -0.1) is 0 Å². The smallest absolute Gasteiger partial charge is 0.132 e. The summed E-state index contributed by atoms with van der Waals surface area (Å²) in [7, 11) is 1.64. The summed E-state index contributed by atoms with van der Waals surface area (Å²) in [5, 5.41) is 9.89. The number of rotatable bonds is 2. The molecule has 106 valence electrons. The molecule has 1 aliphatic carbocycles. The van der Waals surface area contributed by atoms with Crippen LogP contribution in [-0.4, -0.2) is 18.8 Å². The maximum Gasteiger partial charge on any atom is 0.132 e. The zero-order chi connectivity index (χ0) is 14.3. The average molecular weight is 338 g/mol. The minimum Gasteiger partial charge on any atom is -0.501 e. The van der Waals surface area contributed by atoms with Crippen LogP contribution < -0.4 is 10.5 Å². The van der Waals surface area contributed by atoms with Crippen LogP contribution in [0, 0.1) is 0 Å². The van der Waals surface area contributed by atoms with E-state index in [2.05, 4.69) is 15.9 Å². The molecule has 1 unspecified atom stereocenters. The predicted octanol–water partition coefficient (Wildman–Crippen LogP) is 2.57. The van der Waals surface area contributed by atoms with E-state index in [9.17, 15) is 5.11 Å². The lowest BCUT2D eigenvalue weighted by molar-refractivity contribution is 0.198. The van der Waals surface area contributed by atoms with Gasteiger partial charge in [0.15, 0.2) is 0 Å². The van der Waals surface area contributed by atoms with Gasteiger partial charge >= 0.3 is 0 Å². The van der Waals surface area contributed by atoms with Crippen molar-refractivity contribution in [2.24, 2.45) is 5.73 Å². The van der Waals surface area contributed by atoms with Gasteiger partial charge in [0.05, 0.1) is 25.0 Å². The Bertz CT molecular complexity index is 624. The fraction of sp³-hybridized carbons (Fsp3) is 0.333. The number of hydrogen-bond donors (Lipinski definition) is 2. The van der Waals surface area contributed by atoms with Crippen LogP contribution >= 0.6 is 15.9 Å². The third-order valence-corrected chi connectivity index (χ3v) is 4.35. The summed E-state index contributed by atoms with van der Waals surface area (Å²) in [6, 6.07) is 5.67. The van der Waals surface area contributed by atoms with Crippen LogP contribution in [0.15, 0.2) is 45.8 Å². The quantitative estimate of drug-likeness (QED) is 0.870. The number of aliphatic hydroxyl groups is 1. The summed E-state index contributed by atoms with van der Waals surface area (Å²) in [5.41, 5.74) is 7.12. The van der Waals surface area contributed by atoms with E-state index in [-0.39, 0.29) is 6.61 Å². The first kappa shape index (κ1) is 13.7. The Balaban J connectivity index is 2.18. The molecule has 0 amide bonds. The van der Waals surface area contributed by atoms with E-state index < -0.39 is 5.54 Å². The van der Waals surface area contributed by atoms with Crippen molar-refractivity contribution in [3.63, 3.8) is 0 Å². The number of fused-ring (bicyclic) bond motifs is 1. The van der Waals surface area contributed by atoms with Crippen LogP contribution in [0.2, 0.25) is 0 Å². The Labute approximate surface area is 126 Å². The van der Waals surface area contributed by atoms with E-state index in [1.807, 2.05) is 24.3 Å². The maximum absolute atomic E-state index is 9.89. The molecule has 0 spiro atoms. The van der Waals surface area contributed by atoms with Gasteiger partial charge in [0.2, 0.25) is 0 Å². The van der Waals surface area contributed by atoms with Crippen molar-refractivity contribution in [1.82, 2.24) is 0 Å². The monoisotopic (exact) mass is 337 g/mol. The highest BCUT2D eigenvalue weighted by Crippen LogP contribution is 2.45. The Morgan fingerprint density at radius 1 is 1.45 bits per heavy atom. The molecular weight excluding hydrogens is 322 g/mol. The molecule has 0 aromatic heterocycles. The Hall–Kier alpha value is -1.30. The molecule has 0 saturated heterocycles. The number of ether oxygens (including phenoxy) is 2. The van der Waals surface area contributed by atoms with E-state index in [1.54, 1.807) is 7.11 Å². The molecule has 1 aromatic carbocycles. The van der Waals surface area contributed by atoms with Gasteiger partial charge in [-0.25, -0.2) is 0 Å². The molecule has 1 aliphatic heterocycles. The molecule has 20 heavy (non-hydrogen) atoms. The van der Waals surface area contributed by atoms with Gasteiger partial charge in [-0.3, -0.25) is 0 Å². The summed E-state index contributed by atoms with van der Waals surface area (Å²) in [4.78, 5) is 0. The molecule has 0 bridgehead atoms. The van der Waals surface area contributed by atoms with Crippen molar-refractivity contribution < 1.29 is 14.6 Å². The van der Waals surface area contributed by atoms with Crippen LogP contribution in [0.25, 0.3) is 0 Å². The number of halogens is 1. The SMILES string of the molecule is COC1=CC2=C(CC1)Oc1ccc(Br)cc1C2(N)CO. The predicted molar refractivity (Wildman–Crippen MR) is 79.1 cm³/mol. The van der Waals surface area contributed by atoms with Crippen molar-refractivity contribution in [3.8, 4) is 5.75 Å². The van der Waals surface area contributed by atoms with E-state index in [4.69, 9.17) is 15.2 Å². The second-order valence-electron chi connectivity index (χ2n) is 5.02. The standard InChI is InChI=1S/C15H16BrNO3/c1-19-10-3-5-14-12(7-10)15(17,8-18)11-6-9(16)2-4-13(11)20-14/h2,4,6-7,18H,3,5,8,17H2,1H3. The molecular formula is C15H16BrNO3. The fourth-order valence-electron chi connectivity index (χ4n) is 2.72. The second-order valence-corrected chi connectivity index (χ2v) is 5.94. The third kappa shape index (κ3) is 1.97. The zero-order valence-corrected chi connectivity index (χ0v) is 12.7. The van der Waals surface area contributed by atoms with E-state index >= 15 is 0 Å². The molecule has 2 aliphatic rings. The van der Waals surface area contributed by atoms with Gasteiger partial charge in [0.25, 0.3) is 0 Å². The Morgan fingerprint density at radius 2 is 2.25 bits per heavy atom. The minimum absolute atomic E-state index is 0.188. The first-order chi connectivity index (χ1) is 9.58. The molecule has 1 aromatic rings. The average Bonchev–Trinajstić information content (AvgIpc) is 2.48. The molecule has 3 N–H and O–H groups in total. The normalized spacial score (nSPS) is 24.5. The largest absolute Gasteiger partial charge is 0.501 e. The fourth-order valence-corrected chi connectivity index (χ4v) is 3.08. The molecule has 1 heterocycles. The molecule has 0 fully saturated rings. The van der Waals surface area contributed by atoms with Gasteiger partial charge in [0, 0.05) is 28.5 Å². The van der Waals surface area contributed by atoms with Gasteiger partial charge in [-0.1, -0.05) is 15.9 Å². The van der Waals surface area contributed by atoms with Crippen molar-refractivity contribution in [2.75, 3.05) is 13.7 Å². The lowest BCUT2D eigenvalue weighted by atomic mass is 9.78. The Morgan fingerprint density at radius 3 is 2.95 bits per heavy atom. The van der Waals surface area contributed by atoms with E-state index in [0.29, 0.717) is 5.75 Å². The number of aliphatic hydroxyl groups excluding tert-OH is 1. The van der Waals surface area contributed by atoms with Crippen LogP contribution in [-0.2, 0) is 10.3 Å².